The lowest BCUT2D eigenvalue weighted by Crippen LogP contribution is -2.47. The number of anilines is 1. The molecule has 1 atom stereocenters. The minimum absolute atomic E-state index is 0.0595. The fourth-order valence-corrected chi connectivity index (χ4v) is 7.17. The molecule has 1 N–H and O–H groups in total. The zero-order valence-corrected chi connectivity index (χ0v) is 23.3. The smallest absolute Gasteiger partial charge is 0.416 e. The van der Waals surface area contributed by atoms with Gasteiger partial charge < -0.3 is 14.6 Å². The molecule has 3 aromatic carbocycles. The normalized spacial score (nSPS) is 22.0. The predicted octanol–water partition coefficient (Wildman–Crippen LogP) is 6.96. The van der Waals surface area contributed by atoms with E-state index in [2.05, 4.69) is 4.74 Å². The first-order valence-electron chi connectivity index (χ1n) is 13.0. The van der Waals surface area contributed by atoms with Crippen molar-refractivity contribution in [2.24, 2.45) is 11.3 Å². The van der Waals surface area contributed by atoms with Crippen molar-refractivity contribution in [2.45, 2.75) is 50.0 Å². The van der Waals surface area contributed by atoms with Crippen LogP contribution in [0, 0.1) is 17.2 Å². The van der Waals surface area contributed by atoms with E-state index in [0.717, 1.165) is 40.7 Å². The van der Waals surface area contributed by atoms with E-state index in [9.17, 15) is 44.7 Å². The number of rotatable bonds is 8. The molecule has 0 spiro atoms. The molecule has 1 saturated carbocycles. The van der Waals surface area contributed by atoms with Crippen molar-refractivity contribution in [3.63, 3.8) is 0 Å². The maximum atomic E-state index is 14.3. The number of fused-ring (bicyclic) bond motifs is 1. The van der Waals surface area contributed by atoms with Crippen molar-refractivity contribution in [3.05, 3.63) is 72.0 Å². The highest BCUT2D eigenvalue weighted by molar-refractivity contribution is 7.92. The van der Waals surface area contributed by atoms with Gasteiger partial charge in [0.05, 0.1) is 28.1 Å². The van der Waals surface area contributed by atoms with Crippen LogP contribution in [0.4, 0.5) is 32.0 Å². The molecule has 1 fully saturated rings. The average Bonchev–Trinajstić information content (AvgIpc) is 2.90. The lowest BCUT2D eigenvalue weighted by Gasteiger charge is -2.44. The molecule has 1 heterocycles. The van der Waals surface area contributed by atoms with Crippen molar-refractivity contribution >= 4 is 21.7 Å². The van der Waals surface area contributed by atoms with Gasteiger partial charge in [0.15, 0.2) is 0 Å². The number of halogens is 6. The lowest BCUT2D eigenvalue weighted by atomic mass is 9.61. The summed E-state index contributed by atoms with van der Waals surface area (Å²) in [5.74, 6) is -2.34. The van der Waals surface area contributed by atoms with Gasteiger partial charge in [-0.1, -0.05) is 12.1 Å². The topological polar surface area (TPSA) is 93.1 Å². The van der Waals surface area contributed by atoms with E-state index in [-0.39, 0.29) is 41.4 Å². The second-order valence-corrected chi connectivity index (χ2v) is 12.8. The van der Waals surface area contributed by atoms with Crippen LogP contribution in [0.3, 0.4) is 0 Å². The molecular weight excluding hydrogens is 604 g/mol. The molecule has 230 valence electrons. The first kappa shape index (κ1) is 30.5. The summed E-state index contributed by atoms with van der Waals surface area (Å²) in [5, 5.41) is 9.43. The van der Waals surface area contributed by atoms with Gasteiger partial charge in [-0.2, -0.15) is 22.0 Å². The maximum Gasteiger partial charge on any atom is 0.416 e. The number of ether oxygens (including phenoxy) is 2. The van der Waals surface area contributed by atoms with E-state index in [1.165, 1.54) is 18.2 Å². The SMILES string of the molecule is C[C@]1(C(=O)O)C[C@@H](C[C@H]2CN(S(=O)(=O)c3cccc(C(F)(F)F)c3)c3cc(-c4cc(F)cc(OC(F)F)c4)ccc3O2)C1. The number of hydrogen-bond acceptors (Lipinski definition) is 5. The second kappa shape index (κ2) is 11.0. The number of carboxylic acids is 1. The highest BCUT2D eigenvalue weighted by atomic mass is 32.2. The van der Waals surface area contributed by atoms with Crippen molar-refractivity contribution in [3.8, 4) is 22.6 Å². The Kier molecular flexibility index (Phi) is 7.78. The van der Waals surface area contributed by atoms with Crippen LogP contribution in [-0.2, 0) is 21.0 Å². The number of benzene rings is 3. The first-order chi connectivity index (χ1) is 20.0. The molecule has 0 aromatic heterocycles. The molecule has 14 heteroatoms. The molecule has 3 aromatic rings. The van der Waals surface area contributed by atoms with Crippen LogP contribution in [0.2, 0.25) is 0 Å². The Balaban J connectivity index is 1.54. The zero-order chi connectivity index (χ0) is 31.3. The van der Waals surface area contributed by atoms with Crippen molar-refractivity contribution in [1.29, 1.82) is 0 Å². The van der Waals surface area contributed by atoms with Gasteiger partial charge >= 0.3 is 18.8 Å². The number of carbonyl (C=O) groups is 1. The van der Waals surface area contributed by atoms with Gasteiger partial charge in [0.1, 0.15) is 23.4 Å². The van der Waals surface area contributed by atoms with Gasteiger partial charge in [0.25, 0.3) is 10.0 Å². The third kappa shape index (κ3) is 6.24. The lowest BCUT2D eigenvalue weighted by molar-refractivity contribution is -0.157. The molecule has 7 nitrogen and oxygen atoms in total. The van der Waals surface area contributed by atoms with E-state index < -0.39 is 62.3 Å². The summed E-state index contributed by atoms with van der Waals surface area (Å²) in [4.78, 5) is 10.9. The Labute approximate surface area is 242 Å². The largest absolute Gasteiger partial charge is 0.486 e. The van der Waals surface area contributed by atoms with Crippen LogP contribution in [0.5, 0.6) is 11.5 Å². The van der Waals surface area contributed by atoms with Crippen molar-refractivity contribution in [1.82, 2.24) is 0 Å². The van der Waals surface area contributed by atoms with Crippen LogP contribution in [-0.4, -0.2) is 38.8 Å². The minimum atomic E-state index is -4.81. The minimum Gasteiger partial charge on any atom is -0.486 e. The van der Waals surface area contributed by atoms with Gasteiger partial charge in [0.2, 0.25) is 0 Å². The first-order valence-corrected chi connectivity index (χ1v) is 14.5. The van der Waals surface area contributed by atoms with Crippen LogP contribution in [0.15, 0.2) is 65.6 Å². The number of alkyl halides is 5. The summed E-state index contributed by atoms with van der Waals surface area (Å²) in [6.45, 7) is -1.92. The van der Waals surface area contributed by atoms with Crippen molar-refractivity contribution in [2.75, 3.05) is 10.8 Å². The quantitative estimate of drug-likeness (QED) is 0.271. The van der Waals surface area contributed by atoms with Crippen LogP contribution < -0.4 is 13.8 Å². The molecule has 0 radical (unpaired) electrons. The highest BCUT2D eigenvalue weighted by Crippen LogP contribution is 2.49. The predicted molar refractivity (Wildman–Crippen MR) is 142 cm³/mol. The van der Waals surface area contributed by atoms with Gasteiger partial charge in [-0.05, 0) is 85.7 Å². The highest BCUT2D eigenvalue weighted by Gasteiger charge is 2.48. The van der Waals surface area contributed by atoms with E-state index >= 15 is 0 Å². The van der Waals surface area contributed by atoms with Crippen molar-refractivity contribution < 1.29 is 54.1 Å². The molecule has 0 amide bonds. The molecule has 0 bridgehead atoms. The summed E-state index contributed by atoms with van der Waals surface area (Å²) in [6, 6.07) is 10.3. The summed E-state index contributed by atoms with van der Waals surface area (Å²) in [6.07, 6.45) is -4.59. The molecule has 2 aliphatic rings. The Hall–Kier alpha value is -3.94. The Morgan fingerprint density at radius 1 is 1.09 bits per heavy atom. The maximum absolute atomic E-state index is 14.3. The second-order valence-electron chi connectivity index (χ2n) is 10.9. The fourth-order valence-electron chi connectivity index (χ4n) is 5.63. The molecule has 0 unspecified atom stereocenters. The Morgan fingerprint density at radius 3 is 2.47 bits per heavy atom. The summed E-state index contributed by atoms with van der Waals surface area (Å²) < 4.78 is 119. The summed E-state index contributed by atoms with van der Waals surface area (Å²) in [5.41, 5.74) is -1.87. The fraction of sp³-hybridized carbons (Fsp3) is 0.345. The average molecular weight is 630 g/mol. The van der Waals surface area contributed by atoms with E-state index in [1.807, 2.05) is 0 Å². The third-order valence-electron chi connectivity index (χ3n) is 7.66. The monoisotopic (exact) mass is 629 g/mol. The zero-order valence-electron chi connectivity index (χ0n) is 22.4. The standard InChI is InChI=1S/C29H25F6NO6S/c1-28(26(37)38)13-16(14-28)7-22-15-36(43(39,40)23-4-2-3-19(11-23)29(33,34)35)24-10-17(5-6-25(24)41-22)18-8-20(30)12-21(9-18)42-27(31)32/h2-6,8-12,16,22,27H,7,13-15H2,1H3,(H,37,38)/t16-,22-,28+/m0/s1. The molecule has 1 aliphatic carbocycles. The van der Waals surface area contributed by atoms with Crippen LogP contribution in [0.1, 0.15) is 31.7 Å². The number of hydrogen-bond donors (Lipinski definition) is 1. The van der Waals surface area contributed by atoms with E-state index in [4.69, 9.17) is 4.74 Å². The summed E-state index contributed by atoms with van der Waals surface area (Å²) in [7, 11) is -4.62. The molecular formula is C29H25F6NO6S. The summed E-state index contributed by atoms with van der Waals surface area (Å²) >= 11 is 0. The van der Waals surface area contributed by atoms with Gasteiger partial charge in [-0.25, -0.2) is 12.8 Å². The number of nitrogens with zero attached hydrogens (tertiary/aromatic N) is 1. The number of carboxylic acid groups (broad SMARTS) is 1. The molecule has 43 heavy (non-hydrogen) atoms. The van der Waals surface area contributed by atoms with Gasteiger partial charge in [0, 0.05) is 6.07 Å². The third-order valence-corrected chi connectivity index (χ3v) is 9.44. The van der Waals surface area contributed by atoms with Gasteiger partial charge in [-0.15, -0.1) is 0 Å². The van der Waals surface area contributed by atoms with Crippen LogP contribution >= 0.6 is 0 Å². The van der Waals surface area contributed by atoms with E-state index in [1.54, 1.807) is 6.92 Å². The van der Waals surface area contributed by atoms with Gasteiger partial charge in [-0.3, -0.25) is 9.10 Å². The number of sulfonamides is 1. The van der Waals surface area contributed by atoms with E-state index in [0.29, 0.717) is 18.9 Å². The number of aliphatic carboxylic acids is 1. The Morgan fingerprint density at radius 2 is 1.81 bits per heavy atom. The molecule has 1 aliphatic heterocycles. The van der Waals surface area contributed by atoms with Crippen LogP contribution in [0.25, 0.3) is 11.1 Å². The molecule has 5 rings (SSSR count). The molecule has 0 saturated heterocycles. The Bertz CT molecular complexity index is 1660.